The molecule has 1 aliphatic rings. The van der Waals surface area contributed by atoms with Crippen LogP contribution in [0.2, 0.25) is 0 Å². The van der Waals surface area contributed by atoms with E-state index in [1.807, 2.05) is 20.8 Å². The van der Waals surface area contributed by atoms with Crippen LogP contribution in [0.15, 0.2) is 77.2 Å². The van der Waals surface area contributed by atoms with Gasteiger partial charge in [0.15, 0.2) is 0 Å². The van der Waals surface area contributed by atoms with Crippen molar-refractivity contribution in [1.82, 2.24) is 5.32 Å². The molecule has 1 fully saturated rings. The molecule has 35 heavy (non-hydrogen) atoms. The Morgan fingerprint density at radius 1 is 0.857 bits per heavy atom. The maximum absolute atomic E-state index is 13.2. The number of carbonyl (C=O) groups excluding carboxylic acids is 3. The molecule has 0 saturated carbocycles. The molecule has 3 aromatic carbocycles. The fraction of sp³-hybridized carbons (Fsp3) is 0.115. The van der Waals surface area contributed by atoms with Crippen molar-refractivity contribution in [3.63, 3.8) is 0 Å². The van der Waals surface area contributed by atoms with Crippen molar-refractivity contribution in [1.29, 1.82) is 0 Å². The Hall–Kier alpha value is -4.24. The van der Waals surface area contributed by atoms with Crippen LogP contribution in [-0.4, -0.2) is 26.3 Å². The lowest BCUT2D eigenvalue weighted by atomic mass is 10.0. The van der Waals surface area contributed by atoms with Crippen molar-refractivity contribution in [2.45, 2.75) is 25.7 Å². The van der Waals surface area contributed by atoms with Gasteiger partial charge in [-0.1, -0.05) is 42.0 Å². The van der Waals surface area contributed by atoms with E-state index in [1.54, 1.807) is 42.5 Å². The van der Waals surface area contributed by atoms with Crippen LogP contribution in [-0.2, 0) is 19.7 Å². The number of nitrogens with one attached hydrogen (secondary N) is 1. The number of benzene rings is 3. The highest BCUT2D eigenvalue weighted by Gasteiger charge is 2.37. The minimum Gasteiger partial charge on any atom is -0.378 e. The van der Waals surface area contributed by atoms with Crippen molar-refractivity contribution < 1.29 is 27.0 Å². The van der Waals surface area contributed by atoms with Crippen LogP contribution in [0.1, 0.15) is 22.3 Å². The number of barbiturate groups is 1. The van der Waals surface area contributed by atoms with Crippen molar-refractivity contribution >= 4 is 39.7 Å². The van der Waals surface area contributed by atoms with E-state index in [2.05, 4.69) is 5.32 Å². The smallest absolute Gasteiger partial charge is 0.339 e. The second kappa shape index (κ2) is 9.19. The third-order valence-corrected chi connectivity index (χ3v) is 6.83. The molecule has 0 unspecified atom stereocenters. The first-order valence-electron chi connectivity index (χ1n) is 10.7. The molecule has 0 radical (unpaired) electrons. The van der Waals surface area contributed by atoms with E-state index in [0.29, 0.717) is 5.69 Å². The van der Waals surface area contributed by atoms with Gasteiger partial charge >= 0.3 is 16.1 Å². The topological polar surface area (TPSA) is 110 Å². The second-order valence-corrected chi connectivity index (χ2v) is 9.66. The average Bonchev–Trinajstić information content (AvgIpc) is 2.80. The highest BCUT2D eigenvalue weighted by molar-refractivity contribution is 7.87. The van der Waals surface area contributed by atoms with Crippen LogP contribution in [0.25, 0.3) is 6.08 Å². The van der Waals surface area contributed by atoms with Gasteiger partial charge in [0.25, 0.3) is 11.8 Å². The molecule has 4 amide bonds. The number of carbonyl (C=O) groups is 3. The molecule has 0 spiro atoms. The summed E-state index contributed by atoms with van der Waals surface area (Å²) in [6.07, 6.45) is 1.21. The first-order chi connectivity index (χ1) is 16.6. The maximum Gasteiger partial charge on any atom is 0.339 e. The third kappa shape index (κ3) is 4.85. The zero-order valence-electron chi connectivity index (χ0n) is 19.2. The zero-order chi connectivity index (χ0) is 25.3. The molecule has 1 aliphatic heterocycles. The van der Waals surface area contributed by atoms with Crippen LogP contribution < -0.4 is 14.4 Å². The summed E-state index contributed by atoms with van der Waals surface area (Å²) in [6, 6.07) is 16.4. The number of aryl methyl sites for hydroxylation is 3. The summed E-state index contributed by atoms with van der Waals surface area (Å²) in [6.45, 7) is 5.57. The molecule has 8 nitrogen and oxygen atoms in total. The maximum atomic E-state index is 13.2. The van der Waals surface area contributed by atoms with Crippen LogP contribution in [0.3, 0.4) is 0 Å². The van der Waals surface area contributed by atoms with E-state index >= 15 is 0 Å². The predicted molar refractivity (Wildman–Crippen MR) is 130 cm³/mol. The molecule has 0 bridgehead atoms. The molecule has 1 N–H and O–H groups in total. The molecule has 0 aromatic heterocycles. The van der Waals surface area contributed by atoms with E-state index in [1.165, 1.54) is 30.3 Å². The number of imide groups is 2. The van der Waals surface area contributed by atoms with Crippen LogP contribution >= 0.6 is 0 Å². The largest absolute Gasteiger partial charge is 0.378 e. The molecule has 9 heteroatoms. The van der Waals surface area contributed by atoms with Crippen LogP contribution in [0, 0.1) is 20.8 Å². The number of urea groups is 1. The number of rotatable bonds is 5. The molecule has 3 aromatic rings. The molecule has 1 heterocycles. The van der Waals surface area contributed by atoms with Gasteiger partial charge < -0.3 is 4.18 Å². The van der Waals surface area contributed by atoms with Crippen molar-refractivity contribution in [2.75, 3.05) is 4.90 Å². The lowest BCUT2D eigenvalue weighted by Crippen LogP contribution is -2.54. The van der Waals surface area contributed by atoms with E-state index < -0.39 is 28.0 Å². The Kier molecular flexibility index (Phi) is 6.27. The summed E-state index contributed by atoms with van der Waals surface area (Å²) in [5.41, 5.74) is 2.87. The number of anilines is 1. The summed E-state index contributed by atoms with van der Waals surface area (Å²) < 4.78 is 30.9. The first kappa shape index (κ1) is 23.9. The van der Waals surface area contributed by atoms with Gasteiger partial charge in [-0.15, -0.1) is 0 Å². The van der Waals surface area contributed by atoms with Gasteiger partial charge in [-0.25, -0.2) is 9.69 Å². The van der Waals surface area contributed by atoms with Crippen LogP contribution in [0.5, 0.6) is 5.75 Å². The Morgan fingerprint density at radius 3 is 2.23 bits per heavy atom. The van der Waals surface area contributed by atoms with Crippen LogP contribution in [0.4, 0.5) is 10.5 Å². The molecular formula is C26H22N2O6S. The van der Waals surface area contributed by atoms with Gasteiger partial charge in [-0.2, -0.15) is 8.42 Å². The van der Waals surface area contributed by atoms with Gasteiger partial charge in [0.05, 0.1) is 5.69 Å². The average molecular weight is 491 g/mol. The second-order valence-electron chi connectivity index (χ2n) is 8.11. The highest BCUT2D eigenvalue weighted by Crippen LogP contribution is 2.28. The van der Waals surface area contributed by atoms with Gasteiger partial charge in [-0.3, -0.25) is 14.9 Å². The molecule has 1 saturated heterocycles. The van der Waals surface area contributed by atoms with Crippen molar-refractivity contribution in [2.24, 2.45) is 0 Å². The minimum atomic E-state index is -4.17. The zero-order valence-corrected chi connectivity index (χ0v) is 20.0. The van der Waals surface area contributed by atoms with E-state index in [9.17, 15) is 22.8 Å². The van der Waals surface area contributed by atoms with E-state index in [4.69, 9.17) is 4.18 Å². The standard InChI is InChI=1S/C26H22N2O6S/c1-16-8-12-21(13-9-16)35(32,33)34-23-7-5-4-6-19(23)15-22-24(29)27-26(31)28(25(22)30)20-11-10-17(2)18(3)14-20/h4-15H,1-3H3,(H,27,29,31)/b22-15+. The molecular weight excluding hydrogens is 468 g/mol. The SMILES string of the molecule is Cc1ccc(S(=O)(=O)Oc2ccccc2/C=C2\C(=O)NC(=O)N(c3ccc(C)c(C)c3)C2=O)cc1. The monoisotopic (exact) mass is 490 g/mol. The van der Waals surface area contributed by atoms with E-state index in [0.717, 1.165) is 21.6 Å². The van der Waals surface area contributed by atoms with Gasteiger partial charge in [0.2, 0.25) is 0 Å². The fourth-order valence-corrected chi connectivity index (χ4v) is 4.41. The van der Waals surface area contributed by atoms with E-state index in [-0.39, 0.29) is 21.8 Å². The lowest BCUT2D eigenvalue weighted by molar-refractivity contribution is -0.122. The van der Waals surface area contributed by atoms with Gasteiger partial charge in [-0.05, 0) is 68.3 Å². The van der Waals surface area contributed by atoms with Gasteiger partial charge in [0.1, 0.15) is 16.2 Å². The first-order valence-corrected chi connectivity index (χ1v) is 12.1. The summed E-state index contributed by atoms with van der Waals surface area (Å²) in [4.78, 5) is 39.1. The van der Waals surface area contributed by atoms with Crippen molar-refractivity contribution in [3.05, 3.63) is 94.6 Å². The fourth-order valence-electron chi connectivity index (χ4n) is 3.46. The molecule has 4 rings (SSSR count). The quantitative estimate of drug-likeness (QED) is 0.328. The summed E-state index contributed by atoms with van der Waals surface area (Å²) in [5, 5.41) is 2.16. The normalized spacial score (nSPS) is 15.3. The number of hydrogen-bond acceptors (Lipinski definition) is 6. The summed E-state index contributed by atoms with van der Waals surface area (Å²) in [7, 11) is -4.17. The lowest BCUT2D eigenvalue weighted by Gasteiger charge is -2.27. The Labute approximate surface area is 203 Å². The number of hydrogen-bond donors (Lipinski definition) is 1. The molecule has 178 valence electrons. The minimum absolute atomic E-state index is 0.0384. The Morgan fingerprint density at radius 2 is 1.54 bits per heavy atom. The van der Waals surface area contributed by atoms with Crippen molar-refractivity contribution in [3.8, 4) is 5.75 Å². The highest BCUT2D eigenvalue weighted by atomic mass is 32.2. The Bertz CT molecular complexity index is 1490. The Balaban J connectivity index is 1.71. The summed E-state index contributed by atoms with van der Waals surface area (Å²) >= 11 is 0. The summed E-state index contributed by atoms with van der Waals surface area (Å²) in [5.74, 6) is -1.80. The predicted octanol–water partition coefficient (Wildman–Crippen LogP) is 4.05. The molecule has 0 atom stereocenters. The third-order valence-electron chi connectivity index (χ3n) is 5.58. The number of amides is 4. The van der Waals surface area contributed by atoms with Gasteiger partial charge in [0, 0.05) is 5.56 Å². The number of para-hydroxylation sites is 1. The molecule has 0 aliphatic carbocycles. The number of nitrogens with zero attached hydrogens (tertiary/aromatic N) is 1.